The molecule has 3 heteroatoms. The quantitative estimate of drug-likeness (QED) is 0.769. The van der Waals surface area contributed by atoms with Crippen LogP contribution in [-0.4, -0.2) is 47.9 Å². The smallest absolute Gasteiger partial charge is 0.0234 e. The molecule has 3 rings (SSSR count). The largest absolute Gasteiger partial charge is 0.300 e. The van der Waals surface area contributed by atoms with Crippen LogP contribution in [0.25, 0.3) is 0 Å². The summed E-state index contributed by atoms with van der Waals surface area (Å²) in [7, 11) is 0. The van der Waals surface area contributed by atoms with Crippen LogP contribution in [0.4, 0.5) is 0 Å². The number of rotatable bonds is 5. The van der Waals surface area contributed by atoms with Gasteiger partial charge in [-0.2, -0.15) is 0 Å². The molecule has 1 saturated carbocycles. The molecule has 2 aliphatic rings. The van der Waals surface area contributed by atoms with Gasteiger partial charge in [0.2, 0.25) is 0 Å². The van der Waals surface area contributed by atoms with Gasteiger partial charge in [-0.05, 0) is 23.8 Å². The minimum absolute atomic E-state index is 0.627. The standard InChI is InChI=1S/C16H23BrN2/c17-13-16(6-7-16)14-19-10-8-18(9-11-19)12-15-4-2-1-3-5-15/h1-5H,6-14H2. The van der Waals surface area contributed by atoms with E-state index in [1.165, 1.54) is 56.5 Å². The lowest BCUT2D eigenvalue weighted by Gasteiger charge is -2.36. The average molecular weight is 323 g/mol. The number of alkyl halides is 1. The molecule has 0 unspecified atom stereocenters. The van der Waals surface area contributed by atoms with E-state index in [9.17, 15) is 0 Å². The molecule has 0 N–H and O–H groups in total. The first kappa shape index (κ1) is 13.6. The Kier molecular flexibility index (Phi) is 4.25. The van der Waals surface area contributed by atoms with Crippen molar-refractivity contribution in [3.63, 3.8) is 0 Å². The molecular weight excluding hydrogens is 300 g/mol. The van der Waals surface area contributed by atoms with E-state index < -0.39 is 0 Å². The summed E-state index contributed by atoms with van der Waals surface area (Å²) in [6.45, 7) is 7.32. The van der Waals surface area contributed by atoms with Gasteiger partial charge in [-0.3, -0.25) is 4.90 Å². The van der Waals surface area contributed by atoms with E-state index in [1.54, 1.807) is 0 Å². The topological polar surface area (TPSA) is 6.48 Å². The summed E-state index contributed by atoms with van der Waals surface area (Å²) in [5.41, 5.74) is 2.07. The van der Waals surface area contributed by atoms with Crippen LogP contribution < -0.4 is 0 Å². The third kappa shape index (κ3) is 3.59. The fourth-order valence-electron chi connectivity index (χ4n) is 2.93. The zero-order chi connectivity index (χ0) is 13.1. The Morgan fingerprint density at radius 2 is 1.58 bits per heavy atom. The Hall–Kier alpha value is -0.380. The molecule has 0 atom stereocenters. The first-order chi connectivity index (χ1) is 9.30. The van der Waals surface area contributed by atoms with Gasteiger partial charge in [0.25, 0.3) is 0 Å². The molecule has 1 aromatic rings. The van der Waals surface area contributed by atoms with Gasteiger partial charge in [-0.1, -0.05) is 46.3 Å². The first-order valence-electron chi connectivity index (χ1n) is 7.34. The van der Waals surface area contributed by atoms with Crippen molar-refractivity contribution >= 4 is 15.9 Å². The molecule has 0 bridgehead atoms. The molecule has 2 nitrogen and oxygen atoms in total. The van der Waals surface area contributed by atoms with Gasteiger partial charge < -0.3 is 4.90 Å². The zero-order valence-electron chi connectivity index (χ0n) is 11.5. The summed E-state index contributed by atoms with van der Waals surface area (Å²) < 4.78 is 0. The van der Waals surface area contributed by atoms with Crippen molar-refractivity contribution in [3.05, 3.63) is 35.9 Å². The van der Waals surface area contributed by atoms with Gasteiger partial charge in [0.05, 0.1) is 0 Å². The SMILES string of the molecule is BrCC1(CN2CCN(Cc3ccccc3)CC2)CC1. The fourth-order valence-corrected chi connectivity index (χ4v) is 3.67. The van der Waals surface area contributed by atoms with E-state index >= 15 is 0 Å². The molecule has 1 aliphatic heterocycles. The Morgan fingerprint density at radius 3 is 2.16 bits per heavy atom. The number of benzene rings is 1. The highest BCUT2D eigenvalue weighted by Gasteiger charge is 2.42. The van der Waals surface area contributed by atoms with Crippen molar-refractivity contribution in [1.82, 2.24) is 9.80 Å². The summed E-state index contributed by atoms with van der Waals surface area (Å²) in [6.07, 6.45) is 2.84. The lowest BCUT2D eigenvalue weighted by Crippen LogP contribution is -2.47. The van der Waals surface area contributed by atoms with Gasteiger partial charge in [-0.25, -0.2) is 0 Å². The summed E-state index contributed by atoms with van der Waals surface area (Å²) in [5, 5.41) is 1.18. The summed E-state index contributed by atoms with van der Waals surface area (Å²) in [5.74, 6) is 0. The highest BCUT2D eigenvalue weighted by Crippen LogP contribution is 2.47. The van der Waals surface area contributed by atoms with Crippen molar-refractivity contribution in [2.24, 2.45) is 5.41 Å². The molecule has 1 heterocycles. The normalized spacial score (nSPS) is 23.4. The maximum Gasteiger partial charge on any atom is 0.0234 e. The van der Waals surface area contributed by atoms with E-state index in [4.69, 9.17) is 0 Å². The monoisotopic (exact) mass is 322 g/mol. The average Bonchev–Trinajstić information content (AvgIpc) is 3.23. The molecule has 0 radical (unpaired) electrons. The second-order valence-corrected chi connectivity index (χ2v) is 6.73. The van der Waals surface area contributed by atoms with Crippen molar-refractivity contribution in [2.75, 3.05) is 38.1 Å². The first-order valence-corrected chi connectivity index (χ1v) is 8.46. The van der Waals surface area contributed by atoms with E-state index in [0.717, 1.165) is 6.54 Å². The molecule has 0 spiro atoms. The lowest BCUT2D eigenvalue weighted by atomic mass is 10.1. The lowest BCUT2D eigenvalue weighted by molar-refractivity contribution is 0.112. The Bertz CT molecular complexity index is 394. The number of halogens is 1. The van der Waals surface area contributed by atoms with Crippen molar-refractivity contribution in [3.8, 4) is 0 Å². The number of nitrogens with zero attached hydrogens (tertiary/aromatic N) is 2. The molecule has 0 aromatic heterocycles. The van der Waals surface area contributed by atoms with Crippen molar-refractivity contribution in [1.29, 1.82) is 0 Å². The van der Waals surface area contributed by atoms with Crippen LogP contribution in [0.5, 0.6) is 0 Å². The van der Waals surface area contributed by atoms with Crippen LogP contribution in [0, 0.1) is 5.41 Å². The molecular formula is C16H23BrN2. The molecule has 1 aliphatic carbocycles. The Balaban J connectivity index is 1.45. The molecule has 19 heavy (non-hydrogen) atoms. The van der Waals surface area contributed by atoms with Gasteiger partial charge in [-0.15, -0.1) is 0 Å². The van der Waals surface area contributed by atoms with Crippen LogP contribution in [0.3, 0.4) is 0 Å². The molecule has 104 valence electrons. The molecule has 2 fully saturated rings. The molecule has 0 amide bonds. The minimum Gasteiger partial charge on any atom is -0.300 e. The van der Waals surface area contributed by atoms with Gasteiger partial charge in [0, 0.05) is 44.6 Å². The van der Waals surface area contributed by atoms with E-state index in [2.05, 4.69) is 56.1 Å². The van der Waals surface area contributed by atoms with Crippen LogP contribution in [-0.2, 0) is 6.54 Å². The van der Waals surface area contributed by atoms with Crippen LogP contribution in [0.2, 0.25) is 0 Å². The highest BCUT2D eigenvalue weighted by molar-refractivity contribution is 9.09. The fraction of sp³-hybridized carbons (Fsp3) is 0.625. The summed E-state index contributed by atoms with van der Waals surface area (Å²) >= 11 is 3.68. The number of hydrogen-bond donors (Lipinski definition) is 0. The predicted molar refractivity (Wildman–Crippen MR) is 83.6 cm³/mol. The van der Waals surface area contributed by atoms with E-state index in [-0.39, 0.29) is 0 Å². The summed E-state index contributed by atoms with van der Waals surface area (Å²) in [4.78, 5) is 5.25. The van der Waals surface area contributed by atoms with E-state index in [0.29, 0.717) is 5.41 Å². The molecule has 1 saturated heterocycles. The molecule has 1 aromatic carbocycles. The van der Waals surface area contributed by atoms with Gasteiger partial charge in [0.15, 0.2) is 0 Å². The third-order valence-electron chi connectivity index (χ3n) is 4.51. The van der Waals surface area contributed by atoms with Crippen LogP contribution in [0.15, 0.2) is 30.3 Å². The van der Waals surface area contributed by atoms with Crippen LogP contribution >= 0.6 is 15.9 Å². The van der Waals surface area contributed by atoms with Gasteiger partial charge in [0.1, 0.15) is 0 Å². The van der Waals surface area contributed by atoms with Crippen molar-refractivity contribution < 1.29 is 0 Å². The Labute approximate surface area is 124 Å². The minimum atomic E-state index is 0.627. The van der Waals surface area contributed by atoms with E-state index in [1.807, 2.05) is 0 Å². The van der Waals surface area contributed by atoms with Crippen molar-refractivity contribution in [2.45, 2.75) is 19.4 Å². The Morgan fingerprint density at radius 1 is 0.947 bits per heavy atom. The second-order valence-electron chi connectivity index (χ2n) is 6.17. The predicted octanol–water partition coefficient (Wildman–Crippen LogP) is 2.98. The van der Waals surface area contributed by atoms with Crippen LogP contribution in [0.1, 0.15) is 18.4 Å². The summed E-state index contributed by atoms with van der Waals surface area (Å²) in [6, 6.07) is 10.8. The van der Waals surface area contributed by atoms with Gasteiger partial charge >= 0.3 is 0 Å². The number of piperazine rings is 1. The zero-order valence-corrected chi connectivity index (χ0v) is 13.1. The maximum atomic E-state index is 3.68. The second kappa shape index (κ2) is 5.94. The maximum absolute atomic E-state index is 3.68. The number of hydrogen-bond acceptors (Lipinski definition) is 2. The third-order valence-corrected chi connectivity index (χ3v) is 5.70. The highest BCUT2D eigenvalue weighted by atomic mass is 79.9.